The predicted octanol–water partition coefficient (Wildman–Crippen LogP) is 1.57. The van der Waals surface area contributed by atoms with Crippen molar-refractivity contribution < 1.29 is 0 Å². The van der Waals surface area contributed by atoms with E-state index in [1.54, 1.807) is 6.20 Å². The molecule has 0 aliphatic heterocycles. The molecule has 1 aromatic rings. The van der Waals surface area contributed by atoms with E-state index in [0.29, 0.717) is 5.82 Å². The molecule has 0 aliphatic carbocycles. The van der Waals surface area contributed by atoms with Crippen LogP contribution in [0.3, 0.4) is 0 Å². The number of halogens is 2. The van der Waals surface area contributed by atoms with Crippen molar-refractivity contribution >= 4 is 30.6 Å². The summed E-state index contributed by atoms with van der Waals surface area (Å²) >= 11 is 0. The maximum atomic E-state index is 5.50. The molecule has 0 amide bonds. The Bertz CT molecular complexity index is 241. The van der Waals surface area contributed by atoms with Gasteiger partial charge < -0.3 is 10.6 Å². The molecule has 0 aromatic carbocycles. The van der Waals surface area contributed by atoms with Gasteiger partial charge in [0.1, 0.15) is 5.82 Å². The molecule has 0 atom stereocenters. The van der Waals surface area contributed by atoms with Gasteiger partial charge in [-0.3, -0.25) is 0 Å². The summed E-state index contributed by atoms with van der Waals surface area (Å²) in [5.74, 6) is 0.587. The van der Waals surface area contributed by atoms with E-state index in [0.717, 1.165) is 6.54 Å². The third-order valence-corrected chi connectivity index (χ3v) is 1.34. The Morgan fingerprint density at radius 1 is 1.38 bits per heavy atom. The minimum atomic E-state index is 0. The van der Waals surface area contributed by atoms with E-state index in [1.165, 1.54) is 5.56 Å². The van der Waals surface area contributed by atoms with Gasteiger partial charge in [0, 0.05) is 12.7 Å². The first-order valence-electron chi connectivity index (χ1n) is 3.53. The Labute approximate surface area is 91.2 Å². The molecule has 0 unspecified atom stereocenters. The molecule has 0 radical (unpaired) electrons. The molecule has 1 rings (SSSR count). The van der Waals surface area contributed by atoms with Crippen LogP contribution < -0.4 is 5.73 Å². The number of nitrogens with two attached hydrogens (primary N) is 1. The molecule has 0 saturated heterocycles. The lowest BCUT2D eigenvalue weighted by Crippen LogP contribution is -2.10. The van der Waals surface area contributed by atoms with Gasteiger partial charge >= 0.3 is 0 Å². The fraction of sp³-hybridized carbons (Fsp3) is 0.375. The molecule has 3 nitrogen and oxygen atoms in total. The van der Waals surface area contributed by atoms with Gasteiger partial charge in [-0.05, 0) is 31.8 Å². The lowest BCUT2D eigenvalue weighted by molar-refractivity contribution is 0.402. The molecule has 76 valence electrons. The van der Waals surface area contributed by atoms with E-state index in [2.05, 4.69) is 9.88 Å². The molecule has 1 aromatic heterocycles. The summed E-state index contributed by atoms with van der Waals surface area (Å²) in [6, 6.07) is 3.86. The van der Waals surface area contributed by atoms with Crippen molar-refractivity contribution in [2.24, 2.45) is 0 Å². The first-order chi connectivity index (χ1) is 5.18. The fourth-order valence-corrected chi connectivity index (χ4v) is 0.958. The highest BCUT2D eigenvalue weighted by molar-refractivity contribution is 5.85. The molecule has 0 bridgehead atoms. The maximum absolute atomic E-state index is 5.50. The topological polar surface area (TPSA) is 42.2 Å². The van der Waals surface area contributed by atoms with E-state index in [4.69, 9.17) is 5.73 Å². The smallest absolute Gasteiger partial charge is 0.123 e. The number of pyridine rings is 1. The zero-order valence-corrected chi connectivity index (χ0v) is 9.36. The van der Waals surface area contributed by atoms with Crippen LogP contribution in [0.5, 0.6) is 0 Å². The first kappa shape index (κ1) is 15.0. The van der Waals surface area contributed by atoms with Crippen LogP contribution >= 0.6 is 24.8 Å². The Balaban J connectivity index is 0. The minimum absolute atomic E-state index is 0. The summed E-state index contributed by atoms with van der Waals surface area (Å²) < 4.78 is 0. The van der Waals surface area contributed by atoms with E-state index >= 15 is 0 Å². The molecule has 5 heteroatoms. The number of nitrogen functional groups attached to an aromatic ring is 1. The number of rotatable bonds is 2. The van der Waals surface area contributed by atoms with Gasteiger partial charge in [-0.1, -0.05) is 0 Å². The second-order valence-corrected chi connectivity index (χ2v) is 2.83. The SMILES string of the molecule is CN(C)Cc1ccnc(N)c1.Cl.Cl. The average Bonchev–Trinajstić information content (AvgIpc) is 1.85. The Kier molecular flexibility index (Phi) is 8.01. The Hall–Kier alpha value is -0.510. The molecule has 1 heterocycles. The zero-order valence-electron chi connectivity index (χ0n) is 7.73. The van der Waals surface area contributed by atoms with E-state index in [-0.39, 0.29) is 24.8 Å². The second kappa shape index (κ2) is 6.95. The van der Waals surface area contributed by atoms with Gasteiger partial charge in [-0.2, -0.15) is 0 Å². The third-order valence-electron chi connectivity index (χ3n) is 1.34. The lowest BCUT2D eigenvalue weighted by atomic mass is 10.2. The largest absolute Gasteiger partial charge is 0.384 e. The van der Waals surface area contributed by atoms with Gasteiger partial charge in [-0.25, -0.2) is 4.98 Å². The normalized spacial score (nSPS) is 8.85. The summed E-state index contributed by atoms with van der Waals surface area (Å²) in [5.41, 5.74) is 6.70. The number of anilines is 1. The van der Waals surface area contributed by atoms with Gasteiger partial charge in [0.2, 0.25) is 0 Å². The lowest BCUT2D eigenvalue weighted by Gasteiger charge is -2.08. The highest BCUT2D eigenvalue weighted by Gasteiger charge is 1.94. The van der Waals surface area contributed by atoms with Crippen LogP contribution in [-0.4, -0.2) is 24.0 Å². The molecule has 0 saturated carbocycles. The van der Waals surface area contributed by atoms with Crippen LogP contribution in [0.4, 0.5) is 5.82 Å². The van der Waals surface area contributed by atoms with Crippen molar-refractivity contribution in [2.45, 2.75) is 6.54 Å². The fourth-order valence-electron chi connectivity index (χ4n) is 0.958. The molecule has 0 fully saturated rings. The highest BCUT2D eigenvalue weighted by Crippen LogP contribution is 2.04. The summed E-state index contributed by atoms with van der Waals surface area (Å²) in [6.07, 6.45) is 1.73. The minimum Gasteiger partial charge on any atom is -0.384 e. The maximum Gasteiger partial charge on any atom is 0.123 e. The standard InChI is InChI=1S/C8H13N3.2ClH/c1-11(2)6-7-3-4-10-8(9)5-7;;/h3-5H,6H2,1-2H3,(H2,9,10);2*1H. The van der Waals surface area contributed by atoms with Crippen molar-refractivity contribution in [3.63, 3.8) is 0 Å². The summed E-state index contributed by atoms with van der Waals surface area (Å²) in [7, 11) is 4.05. The highest BCUT2D eigenvalue weighted by atomic mass is 35.5. The van der Waals surface area contributed by atoms with Crippen LogP contribution in [-0.2, 0) is 6.54 Å². The molecular weight excluding hydrogens is 209 g/mol. The van der Waals surface area contributed by atoms with Crippen molar-refractivity contribution in [1.82, 2.24) is 9.88 Å². The van der Waals surface area contributed by atoms with Gasteiger partial charge in [-0.15, -0.1) is 24.8 Å². The predicted molar refractivity (Wildman–Crippen MR) is 60.5 cm³/mol. The number of hydrogen-bond donors (Lipinski definition) is 1. The number of hydrogen-bond acceptors (Lipinski definition) is 3. The van der Waals surface area contributed by atoms with Gasteiger partial charge in [0.25, 0.3) is 0 Å². The molecular formula is C8H15Cl2N3. The van der Waals surface area contributed by atoms with Crippen molar-refractivity contribution in [2.75, 3.05) is 19.8 Å². The van der Waals surface area contributed by atoms with Crippen molar-refractivity contribution in [1.29, 1.82) is 0 Å². The zero-order chi connectivity index (χ0) is 8.27. The molecule has 13 heavy (non-hydrogen) atoms. The molecule has 2 N–H and O–H groups in total. The Morgan fingerprint density at radius 3 is 2.46 bits per heavy atom. The van der Waals surface area contributed by atoms with Crippen molar-refractivity contribution in [3.05, 3.63) is 23.9 Å². The van der Waals surface area contributed by atoms with Gasteiger partial charge in [0.15, 0.2) is 0 Å². The third kappa shape index (κ3) is 5.69. The van der Waals surface area contributed by atoms with Crippen LogP contribution in [0, 0.1) is 0 Å². The summed E-state index contributed by atoms with van der Waals surface area (Å²) in [5, 5.41) is 0. The number of aromatic nitrogens is 1. The van der Waals surface area contributed by atoms with Crippen molar-refractivity contribution in [3.8, 4) is 0 Å². The number of nitrogens with zero attached hydrogens (tertiary/aromatic N) is 2. The molecule has 0 aliphatic rings. The van der Waals surface area contributed by atoms with E-state index in [9.17, 15) is 0 Å². The van der Waals surface area contributed by atoms with E-state index in [1.807, 2.05) is 26.2 Å². The van der Waals surface area contributed by atoms with Gasteiger partial charge in [0.05, 0.1) is 0 Å². The van der Waals surface area contributed by atoms with Crippen LogP contribution in [0.15, 0.2) is 18.3 Å². The van der Waals surface area contributed by atoms with E-state index < -0.39 is 0 Å². The van der Waals surface area contributed by atoms with Crippen LogP contribution in [0.1, 0.15) is 5.56 Å². The summed E-state index contributed by atoms with van der Waals surface area (Å²) in [6.45, 7) is 0.909. The van der Waals surface area contributed by atoms with Crippen LogP contribution in [0.2, 0.25) is 0 Å². The average molecular weight is 224 g/mol. The van der Waals surface area contributed by atoms with Crippen LogP contribution in [0.25, 0.3) is 0 Å². The second-order valence-electron chi connectivity index (χ2n) is 2.83. The monoisotopic (exact) mass is 223 g/mol. The molecule has 0 spiro atoms. The Morgan fingerprint density at radius 2 is 2.00 bits per heavy atom. The first-order valence-corrected chi connectivity index (χ1v) is 3.53. The summed E-state index contributed by atoms with van der Waals surface area (Å²) in [4.78, 5) is 6.00. The quantitative estimate of drug-likeness (QED) is 0.829.